The Bertz CT molecular complexity index is 1150. The number of anilines is 1. The first-order valence-electron chi connectivity index (χ1n) is 11.3. The predicted octanol–water partition coefficient (Wildman–Crippen LogP) is -1.08. The molecule has 0 spiro atoms. The zero-order valence-corrected chi connectivity index (χ0v) is 21.8. The van der Waals surface area contributed by atoms with E-state index in [4.69, 9.17) is 23.2 Å². The van der Waals surface area contributed by atoms with Gasteiger partial charge in [-0.3, -0.25) is 9.59 Å². The summed E-state index contributed by atoms with van der Waals surface area (Å²) in [5.74, 6) is -1.36. The fourth-order valence-corrected chi connectivity index (χ4v) is 6.46. The van der Waals surface area contributed by atoms with Gasteiger partial charge in [0, 0.05) is 42.7 Å². The quantitative estimate of drug-likeness (QED) is 0.389. The summed E-state index contributed by atoms with van der Waals surface area (Å²) in [7, 11) is 0. The van der Waals surface area contributed by atoms with E-state index in [1.807, 2.05) is 4.90 Å². The number of amides is 2. The molecule has 3 heterocycles. The van der Waals surface area contributed by atoms with Gasteiger partial charge in [-0.15, -0.1) is 0 Å². The van der Waals surface area contributed by atoms with E-state index in [0.29, 0.717) is 28.9 Å². The summed E-state index contributed by atoms with van der Waals surface area (Å²) < 4.78 is 0. The molecule has 3 N–H and O–H groups in total. The van der Waals surface area contributed by atoms with Gasteiger partial charge in [-0.25, -0.2) is 4.98 Å². The van der Waals surface area contributed by atoms with Crippen molar-refractivity contribution >= 4 is 57.5 Å². The van der Waals surface area contributed by atoms with Crippen LogP contribution >= 0.6 is 34.5 Å². The summed E-state index contributed by atoms with van der Waals surface area (Å²) in [6, 6.07) is 0.176. The molecule has 182 valence electrons. The van der Waals surface area contributed by atoms with Crippen LogP contribution in [0.15, 0.2) is 0 Å². The Hall–Kier alpha value is -1.70. The van der Waals surface area contributed by atoms with Gasteiger partial charge in [0.05, 0.1) is 33.0 Å². The number of rotatable bonds is 7. The van der Waals surface area contributed by atoms with E-state index >= 15 is 0 Å². The third-order valence-electron chi connectivity index (χ3n) is 6.96. The molecule has 2 amide bonds. The van der Waals surface area contributed by atoms with Crippen molar-refractivity contribution < 1.29 is 38.4 Å². The molecule has 0 radical (unpaired) electrons. The van der Waals surface area contributed by atoms with Crippen molar-refractivity contribution in [3.8, 4) is 0 Å². The van der Waals surface area contributed by atoms with Crippen LogP contribution in [0.4, 0.5) is 5.13 Å². The van der Waals surface area contributed by atoms with Crippen LogP contribution in [0.5, 0.6) is 0 Å². The van der Waals surface area contributed by atoms with Crippen LogP contribution in [-0.2, 0) is 11.2 Å². The monoisotopic (exact) mass is 531 g/mol. The minimum Gasteiger partial charge on any atom is -0.544 e. The van der Waals surface area contributed by atoms with E-state index in [1.54, 1.807) is 6.92 Å². The molecule has 3 atom stereocenters. The zero-order chi connectivity index (χ0) is 24.1. The van der Waals surface area contributed by atoms with E-state index in [-0.39, 0.29) is 82.3 Å². The van der Waals surface area contributed by atoms with E-state index in [1.165, 1.54) is 0 Å². The van der Waals surface area contributed by atoms with Gasteiger partial charge in [-0.2, -0.15) is 0 Å². The number of halogens is 2. The Labute approximate surface area is 228 Å². The Morgan fingerprint density at radius 1 is 1.14 bits per heavy atom. The van der Waals surface area contributed by atoms with Gasteiger partial charge in [0.1, 0.15) is 5.69 Å². The Kier molecular flexibility index (Phi) is 7.79. The molecular formula is C22H24Cl2LiN5O4S. The van der Waals surface area contributed by atoms with Gasteiger partial charge < -0.3 is 30.4 Å². The van der Waals surface area contributed by atoms with Crippen LogP contribution in [0.25, 0.3) is 0 Å². The van der Waals surface area contributed by atoms with Crippen molar-refractivity contribution in [2.24, 2.45) is 11.8 Å². The molecule has 13 heteroatoms. The number of H-pyrrole nitrogens is 1. The second kappa shape index (κ2) is 10.3. The molecule has 2 aliphatic carbocycles. The molecular weight excluding hydrogens is 508 g/mol. The van der Waals surface area contributed by atoms with Crippen molar-refractivity contribution in [3.63, 3.8) is 0 Å². The smallest absolute Gasteiger partial charge is 0.544 e. The summed E-state index contributed by atoms with van der Waals surface area (Å²) in [6.45, 7) is 3.03. The number of hydrogen-bond donors (Lipinski definition) is 3. The number of aromatic nitrogens is 2. The first-order valence-corrected chi connectivity index (χ1v) is 12.9. The third-order valence-corrected chi connectivity index (χ3v) is 9.05. The molecule has 1 aliphatic heterocycles. The third kappa shape index (κ3) is 5.23. The summed E-state index contributed by atoms with van der Waals surface area (Å²) in [5, 5.41) is 18.7. The molecule has 2 saturated carbocycles. The molecule has 5 rings (SSSR count). The number of aromatic amines is 1. The van der Waals surface area contributed by atoms with Crippen LogP contribution in [0, 0.1) is 18.8 Å². The average Bonchev–Trinajstić information content (AvgIpc) is 3.35. The normalized spacial score (nSPS) is 23.1. The fourth-order valence-electron chi connectivity index (χ4n) is 5.10. The molecule has 3 aliphatic rings. The Morgan fingerprint density at radius 2 is 1.80 bits per heavy atom. The molecule has 2 aromatic heterocycles. The van der Waals surface area contributed by atoms with Gasteiger partial charge >= 0.3 is 18.9 Å². The number of fused-ring (bicyclic) bond motifs is 1. The van der Waals surface area contributed by atoms with Gasteiger partial charge in [0.25, 0.3) is 5.91 Å². The maximum atomic E-state index is 12.6. The summed E-state index contributed by atoms with van der Waals surface area (Å²) in [4.78, 5) is 46.1. The number of nitrogens with zero attached hydrogens (tertiary/aromatic N) is 2. The van der Waals surface area contributed by atoms with Crippen molar-refractivity contribution in [2.45, 2.75) is 51.1 Å². The van der Waals surface area contributed by atoms with Gasteiger partial charge in [0.2, 0.25) is 5.91 Å². The minimum absolute atomic E-state index is 0. The molecule has 9 nitrogen and oxygen atoms in total. The van der Waals surface area contributed by atoms with E-state index in [0.717, 1.165) is 37.0 Å². The maximum absolute atomic E-state index is 12.6. The number of carbonyl (C=O) groups is 3. The predicted molar refractivity (Wildman–Crippen MR) is 127 cm³/mol. The first-order chi connectivity index (χ1) is 16.2. The summed E-state index contributed by atoms with van der Waals surface area (Å²) >= 11 is 13.2. The largest absolute Gasteiger partial charge is 1.00 e. The number of piperidine rings is 1. The number of carbonyl (C=O) groups excluding carboxylic acids is 3. The van der Waals surface area contributed by atoms with Crippen molar-refractivity contribution in [1.82, 2.24) is 20.6 Å². The standard InChI is InChI=1S/C22H25Cl2N5O4S.Li/c1-9-15(23)16(24)18(25-9)20(31)28-17-11-7-29(8-12(11)17)22-27-13(19(34-22)21(32)33)6-14(30)26-10-4-2-3-5-10;/h10-12,17,25H,2-8H2,1H3,(H,26,30)(H,28,31)(H,32,33);/q;+1/p-1/t11-,12+,17-;. The molecule has 0 aromatic carbocycles. The fraction of sp³-hybridized carbons (Fsp3) is 0.545. The van der Waals surface area contributed by atoms with Crippen LogP contribution in [0.3, 0.4) is 0 Å². The summed E-state index contributed by atoms with van der Waals surface area (Å²) in [6.07, 6.45) is 4.03. The number of carboxylic acid groups (broad SMARTS) is 1. The molecule has 35 heavy (non-hydrogen) atoms. The SMILES string of the molecule is Cc1[nH]c(C(=O)N[C@@H]2[C@@H]3CN(c4nc(CC(=O)NC5CCCC5)c(C(=O)[O-])s4)C[C@@H]32)c(Cl)c1Cl.[Li+]. The number of aryl methyl sites for hydroxylation is 1. The van der Waals surface area contributed by atoms with Crippen LogP contribution < -0.4 is 39.5 Å². The number of thiazole rings is 1. The second-order valence-electron chi connectivity index (χ2n) is 9.27. The maximum Gasteiger partial charge on any atom is 1.00 e. The minimum atomic E-state index is -1.32. The molecule has 1 saturated heterocycles. The first kappa shape index (κ1) is 26.4. The van der Waals surface area contributed by atoms with Gasteiger partial charge in [-0.05, 0) is 19.8 Å². The summed E-state index contributed by atoms with van der Waals surface area (Å²) in [5.41, 5.74) is 1.14. The van der Waals surface area contributed by atoms with E-state index in [9.17, 15) is 19.5 Å². The number of carboxylic acids is 1. The number of nitrogens with one attached hydrogen (secondary N) is 3. The number of aromatic carboxylic acids is 1. The average molecular weight is 532 g/mol. The van der Waals surface area contributed by atoms with Crippen LogP contribution in [0.1, 0.15) is 57.2 Å². The van der Waals surface area contributed by atoms with Crippen molar-refractivity contribution in [3.05, 3.63) is 32.0 Å². The van der Waals surface area contributed by atoms with E-state index < -0.39 is 5.97 Å². The van der Waals surface area contributed by atoms with Crippen molar-refractivity contribution in [1.29, 1.82) is 0 Å². The topological polar surface area (TPSA) is 130 Å². The van der Waals surface area contributed by atoms with Crippen LogP contribution in [0.2, 0.25) is 10.0 Å². The molecule has 3 fully saturated rings. The molecule has 0 unspecified atom stereocenters. The van der Waals surface area contributed by atoms with Gasteiger partial charge in [0.15, 0.2) is 5.13 Å². The second-order valence-corrected chi connectivity index (χ2v) is 11.0. The Morgan fingerprint density at radius 3 is 2.37 bits per heavy atom. The van der Waals surface area contributed by atoms with Crippen LogP contribution in [-0.4, -0.2) is 52.9 Å². The molecule has 2 aromatic rings. The number of hydrogen-bond acceptors (Lipinski definition) is 7. The van der Waals surface area contributed by atoms with Gasteiger partial charge in [-0.1, -0.05) is 47.4 Å². The Balaban J connectivity index is 0.00000289. The molecule has 0 bridgehead atoms. The zero-order valence-electron chi connectivity index (χ0n) is 19.5. The van der Waals surface area contributed by atoms with Crippen molar-refractivity contribution in [2.75, 3.05) is 18.0 Å². The van der Waals surface area contributed by atoms with E-state index in [2.05, 4.69) is 20.6 Å².